The molecule has 0 aliphatic carbocycles. The normalized spacial score (nSPS) is 16.1. The van der Waals surface area contributed by atoms with Crippen LogP contribution in [0.3, 0.4) is 0 Å². The quantitative estimate of drug-likeness (QED) is 0.695. The smallest absolute Gasteiger partial charge is 0.354 e. The lowest BCUT2D eigenvalue weighted by Crippen LogP contribution is -2.43. The number of carboxylic acid groups (broad SMARTS) is 1. The zero-order chi connectivity index (χ0) is 12.5. The topological polar surface area (TPSA) is 94.1 Å². The molecule has 3 N–H and O–H groups in total. The van der Waals surface area contributed by atoms with Gasteiger partial charge in [0.25, 0.3) is 0 Å². The Bertz CT molecular complexity index is 588. The van der Waals surface area contributed by atoms with Crippen molar-refractivity contribution < 1.29 is 9.90 Å². The number of aromatic amines is 1. The monoisotopic (exact) mass is 247 g/mol. The van der Waals surface area contributed by atoms with Gasteiger partial charge in [-0.1, -0.05) is 0 Å². The first-order valence-corrected chi connectivity index (χ1v) is 5.80. The number of anilines is 1. The van der Waals surface area contributed by atoms with E-state index < -0.39 is 5.97 Å². The lowest BCUT2D eigenvalue weighted by atomic mass is 10.2. The van der Waals surface area contributed by atoms with Crippen molar-refractivity contribution in [1.82, 2.24) is 20.5 Å². The Kier molecular flexibility index (Phi) is 2.60. The average Bonchev–Trinajstić information content (AvgIpc) is 2.82. The lowest BCUT2D eigenvalue weighted by Gasteiger charge is -2.28. The molecular weight excluding hydrogens is 234 g/mol. The van der Waals surface area contributed by atoms with Crippen molar-refractivity contribution >= 4 is 22.8 Å². The molecule has 0 spiro atoms. The summed E-state index contributed by atoms with van der Waals surface area (Å²) in [4.78, 5) is 17.5. The van der Waals surface area contributed by atoms with Crippen LogP contribution in [0.15, 0.2) is 12.1 Å². The van der Waals surface area contributed by atoms with Gasteiger partial charge in [-0.2, -0.15) is 5.10 Å². The maximum atomic E-state index is 10.9. The van der Waals surface area contributed by atoms with E-state index in [1.54, 1.807) is 6.07 Å². The number of aromatic nitrogens is 3. The molecule has 3 rings (SSSR count). The standard InChI is InChI=1S/C11H13N5O2/c17-11(18)9-7-1-2-8(13-10(7)15-14-9)16-5-3-12-4-6-16/h1-2,12H,3-6H2,(H,17,18)(H,13,14,15). The van der Waals surface area contributed by atoms with E-state index in [9.17, 15) is 4.79 Å². The van der Waals surface area contributed by atoms with Crippen LogP contribution < -0.4 is 10.2 Å². The molecular formula is C11H13N5O2. The largest absolute Gasteiger partial charge is 0.477 e. The molecule has 0 radical (unpaired) electrons. The highest BCUT2D eigenvalue weighted by Crippen LogP contribution is 2.19. The maximum Gasteiger partial charge on any atom is 0.354 e. The summed E-state index contributed by atoms with van der Waals surface area (Å²) in [7, 11) is 0. The molecule has 1 aliphatic rings. The summed E-state index contributed by atoms with van der Waals surface area (Å²) >= 11 is 0. The van der Waals surface area contributed by atoms with E-state index in [-0.39, 0.29) is 5.69 Å². The number of carboxylic acids is 1. The fourth-order valence-corrected chi connectivity index (χ4v) is 2.12. The minimum atomic E-state index is -1.02. The number of nitrogens with zero attached hydrogens (tertiary/aromatic N) is 3. The van der Waals surface area contributed by atoms with Crippen LogP contribution in [0, 0.1) is 0 Å². The van der Waals surface area contributed by atoms with Gasteiger partial charge in [-0.3, -0.25) is 5.10 Å². The first-order chi connectivity index (χ1) is 8.75. The molecule has 0 saturated carbocycles. The number of nitrogens with one attached hydrogen (secondary N) is 2. The number of hydrogen-bond acceptors (Lipinski definition) is 5. The van der Waals surface area contributed by atoms with E-state index in [4.69, 9.17) is 5.11 Å². The van der Waals surface area contributed by atoms with Gasteiger partial charge in [0.05, 0.1) is 5.39 Å². The number of aromatic carboxylic acids is 1. The molecule has 0 unspecified atom stereocenters. The maximum absolute atomic E-state index is 10.9. The first kappa shape index (κ1) is 11.0. The highest BCUT2D eigenvalue weighted by Gasteiger charge is 2.16. The highest BCUT2D eigenvalue weighted by atomic mass is 16.4. The fraction of sp³-hybridized carbons (Fsp3) is 0.364. The van der Waals surface area contributed by atoms with Gasteiger partial charge < -0.3 is 15.3 Å². The van der Waals surface area contributed by atoms with Crippen molar-refractivity contribution in [2.24, 2.45) is 0 Å². The van der Waals surface area contributed by atoms with Crippen LogP contribution in [0.2, 0.25) is 0 Å². The number of fused-ring (bicyclic) bond motifs is 1. The summed E-state index contributed by atoms with van der Waals surface area (Å²) in [5, 5.41) is 19.2. The van der Waals surface area contributed by atoms with Crippen LogP contribution in [0.4, 0.5) is 5.82 Å². The second kappa shape index (κ2) is 4.26. The second-order valence-electron chi connectivity index (χ2n) is 4.18. The van der Waals surface area contributed by atoms with Crippen molar-refractivity contribution in [2.75, 3.05) is 31.1 Å². The first-order valence-electron chi connectivity index (χ1n) is 5.80. The van der Waals surface area contributed by atoms with Crippen molar-refractivity contribution in [3.8, 4) is 0 Å². The van der Waals surface area contributed by atoms with Crippen molar-refractivity contribution in [1.29, 1.82) is 0 Å². The van der Waals surface area contributed by atoms with Gasteiger partial charge in [-0.25, -0.2) is 9.78 Å². The Hall–Kier alpha value is -2.15. The molecule has 1 fully saturated rings. The van der Waals surface area contributed by atoms with Crippen molar-refractivity contribution in [3.05, 3.63) is 17.8 Å². The van der Waals surface area contributed by atoms with Gasteiger partial charge in [0.2, 0.25) is 0 Å². The molecule has 18 heavy (non-hydrogen) atoms. The molecule has 2 aromatic rings. The fourth-order valence-electron chi connectivity index (χ4n) is 2.12. The Morgan fingerprint density at radius 1 is 1.33 bits per heavy atom. The van der Waals surface area contributed by atoms with Crippen molar-refractivity contribution in [2.45, 2.75) is 0 Å². The van der Waals surface area contributed by atoms with Gasteiger partial charge in [-0.05, 0) is 12.1 Å². The molecule has 0 bridgehead atoms. The van der Waals surface area contributed by atoms with Crippen molar-refractivity contribution in [3.63, 3.8) is 0 Å². The van der Waals surface area contributed by atoms with E-state index in [0.717, 1.165) is 32.0 Å². The molecule has 1 aliphatic heterocycles. The lowest BCUT2D eigenvalue weighted by molar-refractivity contribution is 0.0692. The van der Waals surface area contributed by atoms with Gasteiger partial charge in [0.1, 0.15) is 5.82 Å². The Morgan fingerprint density at radius 2 is 2.11 bits per heavy atom. The predicted octanol–water partition coefficient (Wildman–Crippen LogP) is 0.0657. The van der Waals surface area contributed by atoms with E-state index in [2.05, 4.69) is 25.4 Å². The minimum absolute atomic E-state index is 0.0874. The van der Waals surface area contributed by atoms with E-state index >= 15 is 0 Å². The van der Waals surface area contributed by atoms with Crippen LogP contribution in [-0.2, 0) is 0 Å². The Balaban J connectivity index is 1.98. The Labute approximate surface area is 103 Å². The summed E-state index contributed by atoms with van der Waals surface area (Å²) < 4.78 is 0. The van der Waals surface area contributed by atoms with Crippen LogP contribution >= 0.6 is 0 Å². The average molecular weight is 247 g/mol. The van der Waals surface area contributed by atoms with E-state index in [1.807, 2.05) is 6.07 Å². The predicted molar refractivity (Wildman–Crippen MR) is 65.9 cm³/mol. The minimum Gasteiger partial charge on any atom is -0.477 e. The van der Waals surface area contributed by atoms with Gasteiger partial charge in [0.15, 0.2) is 11.3 Å². The zero-order valence-electron chi connectivity index (χ0n) is 9.68. The number of rotatable bonds is 2. The van der Waals surface area contributed by atoms with E-state index in [1.165, 1.54) is 0 Å². The van der Waals surface area contributed by atoms with Gasteiger partial charge in [-0.15, -0.1) is 0 Å². The second-order valence-corrected chi connectivity index (χ2v) is 4.18. The van der Waals surface area contributed by atoms with Crippen LogP contribution in [0.25, 0.3) is 11.0 Å². The molecule has 0 atom stereocenters. The Morgan fingerprint density at radius 3 is 2.83 bits per heavy atom. The number of pyridine rings is 1. The molecule has 1 saturated heterocycles. The summed E-state index contributed by atoms with van der Waals surface area (Å²) in [6, 6.07) is 3.60. The summed E-state index contributed by atoms with van der Waals surface area (Å²) in [5.41, 5.74) is 0.535. The van der Waals surface area contributed by atoms with Crippen LogP contribution in [-0.4, -0.2) is 52.4 Å². The van der Waals surface area contributed by atoms with E-state index in [0.29, 0.717) is 11.0 Å². The van der Waals surface area contributed by atoms with Crippen LogP contribution in [0.5, 0.6) is 0 Å². The number of carbonyl (C=O) groups is 1. The SMILES string of the molecule is O=C(O)c1[nH]nc2nc(N3CCNCC3)ccc12. The molecule has 0 aromatic carbocycles. The third kappa shape index (κ3) is 1.78. The number of hydrogen-bond donors (Lipinski definition) is 3. The molecule has 7 nitrogen and oxygen atoms in total. The molecule has 7 heteroatoms. The number of H-pyrrole nitrogens is 1. The molecule has 94 valence electrons. The van der Waals surface area contributed by atoms with Crippen LogP contribution in [0.1, 0.15) is 10.5 Å². The molecule has 3 heterocycles. The summed E-state index contributed by atoms with van der Waals surface area (Å²) in [6.45, 7) is 3.66. The zero-order valence-corrected chi connectivity index (χ0v) is 9.68. The number of piperazine rings is 1. The summed E-state index contributed by atoms with van der Waals surface area (Å²) in [5.74, 6) is -0.179. The highest BCUT2D eigenvalue weighted by molar-refractivity contribution is 6.00. The summed E-state index contributed by atoms with van der Waals surface area (Å²) in [6.07, 6.45) is 0. The third-order valence-corrected chi connectivity index (χ3v) is 3.06. The molecule has 2 aromatic heterocycles. The third-order valence-electron chi connectivity index (χ3n) is 3.06. The van der Waals surface area contributed by atoms with Gasteiger partial charge in [0, 0.05) is 26.2 Å². The molecule has 0 amide bonds. The van der Waals surface area contributed by atoms with Gasteiger partial charge >= 0.3 is 5.97 Å².